The van der Waals surface area contributed by atoms with Crippen LogP contribution in [0.4, 0.5) is 0 Å². The van der Waals surface area contributed by atoms with Crippen molar-refractivity contribution < 1.29 is 45.8 Å². The average Bonchev–Trinajstić information content (AvgIpc) is 2.46. The fraction of sp³-hybridized carbons (Fsp3) is 0.611. The van der Waals surface area contributed by atoms with Gasteiger partial charge in [0.1, 0.15) is 5.75 Å². The Hall–Kier alpha value is -0.810. The average molecular weight is 379 g/mol. The molecule has 24 heavy (non-hydrogen) atoms. The summed E-state index contributed by atoms with van der Waals surface area (Å²) in [4.78, 5) is 12.4. The van der Waals surface area contributed by atoms with E-state index in [-0.39, 0.29) is 36.8 Å². The van der Waals surface area contributed by atoms with Crippen molar-refractivity contribution >= 4 is 5.97 Å². The van der Waals surface area contributed by atoms with E-state index in [1.165, 1.54) is 0 Å². The fourth-order valence-electron chi connectivity index (χ4n) is 2.47. The summed E-state index contributed by atoms with van der Waals surface area (Å²) in [5.74, 6) is 1.15. The molecule has 0 bridgehead atoms. The Morgan fingerprint density at radius 1 is 1.04 bits per heavy atom. The maximum Gasteiger partial charge on any atom is 0.370 e. The van der Waals surface area contributed by atoms with Gasteiger partial charge in [-0.05, 0) is 35.8 Å². The molecule has 1 atom stereocenters. The molecule has 0 heterocycles. The van der Waals surface area contributed by atoms with Crippen LogP contribution in [0.2, 0.25) is 0 Å². The minimum atomic E-state index is -0.313. The van der Waals surface area contributed by atoms with E-state index in [0.717, 1.165) is 42.7 Å². The standard InChI is InChI=1S/C18H30N2O2.2ClH/c1-12(2)14-8-7-9-15(13(3)4)17(14)22-18(21)16(20)10-5-6-11-19;;/h7-9,12-13,16H,5-6,10-11,19-20H2,1-4H3;2*1H/t16-;;/m1../s1. The van der Waals surface area contributed by atoms with Crippen molar-refractivity contribution in [2.45, 2.75) is 64.8 Å². The fourth-order valence-corrected chi connectivity index (χ4v) is 2.47. The van der Waals surface area contributed by atoms with Crippen LogP contribution in [-0.4, -0.2) is 18.6 Å². The van der Waals surface area contributed by atoms with Gasteiger partial charge in [-0.1, -0.05) is 45.9 Å². The molecule has 6 heteroatoms. The summed E-state index contributed by atoms with van der Waals surface area (Å²) < 4.78 is 5.77. The second-order valence-electron chi connectivity index (χ2n) is 6.54. The second kappa shape index (κ2) is 12.5. The third-order valence-corrected chi connectivity index (χ3v) is 3.91. The number of esters is 1. The van der Waals surface area contributed by atoms with E-state index in [2.05, 4.69) is 39.2 Å². The van der Waals surface area contributed by atoms with E-state index < -0.39 is 0 Å². The summed E-state index contributed by atoms with van der Waals surface area (Å²) in [5.41, 5.74) is 9.96. The van der Waals surface area contributed by atoms with Gasteiger partial charge in [0.05, 0.1) is 6.54 Å². The molecule has 0 saturated carbocycles. The Balaban J connectivity index is 0. The first kappa shape index (κ1) is 25.4. The molecule has 0 aliphatic rings. The number of benzene rings is 1. The quantitative estimate of drug-likeness (QED) is 0.273. The van der Waals surface area contributed by atoms with E-state index in [0.29, 0.717) is 11.8 Å². The van der Waals surface area contributed by atoms with Crippen LogP contribution in [0.25, 0.3) is 0 Å². The molecule has 4 nitrogen and oxygen atoms in total. The van der Waals surface area contributed by atoms with Gasteiger partial charge in [-0.25, -0.2) is 4.79 Å². The van der Waals surface area contributed by atoms with Crippen LogP contribution in [0.5, 0.6) is 5.75 Å². The largest absolute Gasteiger partial charge is 1.00 e. The lowest BCUT2D eigenvalue weighted by atomic mass is 9.94. The minimum absolute atomic E-state index is 0. The van der Waals surface area contributed by atoms with Crippen molar-refractivity contribution in [3.05, 3.63) is 29.3 Å². The maximum absolute atomic E-state index is 12.4. The second-order valence-corrected chi connectivity index (χ2v) is 6.54. The number of hydrogen-bond donors (Lipinski definition) is 2. The Labute approximate surface area is 158 Å². The van der Waals surface area contributed by atoms with Crippen molar-refractivity contribution in [3.63, 3.8) is 0 Å². The molecule has 0 aliphatic carbocycles. The third kappa shape index (κ3) is 7.39. The lowest BCUT2D eigenvalue weighted by Gasteiger charge is -2.19. The molecular formula is C18H32Cl2N2O2. The van der Waals surface area contributed by atoms with E-state index in [9.17, 15) is 4.79 Å². The number of carbonyl (C=O) groups is 1. The molecule has 6 N–H and O–H groups in total. The molecule has 1 aromatic carbocycles. The van der Waals surface area contributed by atoms with E-state index in [4.69, 9.17) is 4.74 Å². The lowest BCUT2D eigenvalue weighted by molar-refractivity contribution is -0.409. The SMILES string of the molecule is CC(C)c1cccc(C(C)C)c1OC(=O)[C@H]([NH3+])CCCC[NH3+].[Cl-].[Cl-]. The van der Waals surface area contributed by atoms with Crippen molar-refractivity contribution in [2.75, 3.05) is 6.54 Å². The molecule has 0 saturated heterocycles. The first-order chi connectivity index (χ1) is 10.4. The predicted octanol–water partition coefficient (Wildman–Crippen LogP) is -4.13. The topological polar surface area (TPSA) is 81.6 Å². The molecule has 140 valence electrons. The van der Waals surface area contributed by atoms with Crippen LogP contribution in [0, 0.1) is 0 Å². The van der Waals surface area contributed by atoms with Gasteiger partial charge in [-0.3, -0.25) is 0 Å². The van der Waals surface area contributed by atoms with Gasteiger partial charge in [0.15, 0.2) is 6.04 Å². The van der Waals surface area contributed by atoms with Gasteiger partial charge in [0.25, 0.3) is 0 Å². The predicted molar refractivity (Wildman–Crippen MR) is 88.5 cm³/mol. The number of halogens is 2. The van der Waals surface area contributed by atoms with Gasteiger partial charge in [0.2, 0.25) is 0 Å². The Morgan fingerprint density at radius 3 is 1.96 bits per heavy atom. The first-order valence-electron chi connectivity index (χ1n) is 8.35. The molecule has 0 unspecified atom stereocenters. The molecular weight excluding hydrogens is 347 g/mol. The van der Waals surface area contributed by atoms with Crippen LogP contribution < -0.4 is 41.0 Å². The van der Waals surface area contributed by atoms with Gasteiger partial charge in [-0.15, -0.1) is 0 Å². The van der Waals surface area contributed by atoms with Crippen molar-refractivity contribution in [1.82, 2.24) is 0 Å². The highest BCUT2D eigenvalue weighted by Crippen LogP contribution is 2.34. The van der Waals surface area contributed by atoms with Gasteiger partial charge in [-0.2, -0.15) is 0 Å². The molecule has 0 aromatic heterocycles. The Morgan fingerprint density at radius 2 is 1.54 bits per heavy atom. The molecule has 1 rings (SSSR count). The lowest BCUT2D eigenvalue weighted by Crippen LogP contribution is -3.00. The number of ether oxygens (including phenoxy) is 1. The zero-order valence-corrected chi connectivity index (χ0v) is 16.8. The van der Waals surface area contributed by atoms with Crippen LogP contribution in [0.15, 0.2) is 18.2 Å². The van der Waals surface area contributed by atoms with Crippen LogP contribution >= 0.6 is 0 Å². The molecule has 0 spiro atoms. The number of quaternary nitrogens is 2. The van der Waals surface area contributed by atoms with Crippen LogP contribution in [0.1, 0.15) is 69.9 Å². The zero-order valence-electron chi connectivity index (χ0n) is 15.3. The first-order valence-corrected chi connectivity index (χ1v) is 8.35. The minimum Gasteiger partial charge on any atom is -1.00 e. The number of carbonyl (C=O) groups excluding carboxylic acids is 1. The molecule has 0 amide bonds. The van der Waals surface area contributed by atoms with Crippen molar-refractivity contribution in [3.8, 4) is 5.75 Å². The molecule has 0 fully saturated rings. The summed E-state index contributed by atoms with van der Waals surface area (Å²) in [6.07, 6.45) is 2.75. The van der Waals surface area contributed by atoms with E-state index in [1.54, 1.807) is 0 Å². The summed E-state index contributed by atoms with van der Waals surface area (Å²) in [5, 5.41) is 0. The van der Waals surface area contributed by atoms with Gasteiger partial charge < -0.3 is 41.0 Å². The van der Waals surface area contributed by atoms with Gasteiger partial charge >= 0.3 is 5.97 Å². The highest BCUT2D eigenvalue weighted by molar-refractivity contribution is 5.77. The Kier molecular flexibility index (Phi) is 13.3. The molecule has 0 radical (unpaired) electrons. The summed E-state index contributed by atoms with van der Waals surface area (Å²) in [6, 6.07) is 5.81. The number of para-hydroxylation sites is 1. The number of hydrogen-bond acceptors (Lipinski definition) is 2. The molecule has 0 aliphatic heterocycles. The van der Waals surface area contributed by atoms with Crippen LogP contribution in [0.3, 0.4) is 0 Å². The van der Waals surface area contributed by atoms with Crippen molar-refractivity contribution in [1.29, 1.82) is 0 Å². The van der Waals surface area contributed by atoms with E-state index in [1.807, 2.05) is 18.2 Å². The monoisotopic (exact) mass is 378 g/mol. The Bertz CT molecular complexity index is 468. The van der Waals surface area contributed by atoms with Crippen LogP contribution in [-0.2, 0) is 4.79 Å². The zero-order chi connectivity index (χ0) is 16.7. The third-order valence-electron chi connectivity index (χ3n) is 3.91. The summed E-state index contributed by atoms with van der Waals surface area (Å²) >= 11 is 0. The number of unbranched alkanes of at least 4 members (excludes halogenated alkanes) is 1. The molecule has 1 aromatic rings. The van der Waals surface area contributed by atoms with Gasteiger partial charge in [0, 0.05) is 6.42 Å². The number of rotatable bonds is 8. The highest BCUT2D eigenvalue weighted by atomic mass is 35.5. The summed E-state index contributed by atoms with van der Waals surface area (Å²) in [7, 11) is 0. The smallest absolute Gasteiger partial charge is 0.370 e. The highest BCUT2D eigenvalue weighted by Gasteiger charge is 2.23. The van der Waals surface area contributed by atoms with E-state index >= 15 is 0 Å². The van der Waals surface area contributed by atoms with Crippen molar-refractivity contribution in [2.24, 2.45) is 0 Å². The summed E-state index contributed by atoms with van der Waals surface area (Å²) in [6.45, 7) is 9.37. The maximum atomic E-state index is 12.4. The normalized spacial score (nSPS) is 11.7.